The monoisotopic (exact) mass is 469 g/mol. The van der Waals surface area contributed by atoms with E-state index in [-0.39, 0.29) is 11.8 Å². The average molecular weight is 470 g/mol. The molecule has 5 heterocycles. The van der Waals surface area contributed by atoms with Crippen molar-refractivity contribution in [3.8, 4) is 0 Å². The fraction of sp³-hybridized carbons (Fsp3) is 0.409. The summed E-state index contributed by atoms with van der Waals surface area (Å²) in [6.45, 7) is 6.69. The third kappa shape index (κ3) is 3.37. The molecule has 0 radical (unpaired) electrons. The number of likely N-dealkylation sites (tertiary alicyclic amines) is 1. The molecule has 0 bridgehead atoms. The second kappa shape index (κ2) is 7.67. The molecule has 1 saturated heterocycles. The van der Waals surface area contributed by atoms with Gasteiger partial charge in [0.1, 0.15) is 5.82 Å². The molecule has 0 aliphatic carbocycles. The summed E-state index contributed by atoms with van der Waals surface area (Å²) in [6, 6.07) is 1.88. The summed E-state index contributed by atoms with van der Waals surface area (Å²) in [5.74, 6) is 0.475. The van der Waals surface area contributed by atoms with Crippen molar-refractivity contribution in [3.05, 3.63) is 44.8 Å². The number of hydrogen-bond acceptors (Lipinski definition) is 4. The maximum Gasteiger partial charge on any atom is 0.257 e. The van der Waals surface area contributed by atoms with Crippen molar-refractivity contribution in [2.45, 2.75) is 26.2 Å². The number of carbonyl (C=O) groups excluding carboxylic acids is 2. The third-order valence-corrected chi connectivity index (χ3v) is 6.73. The lowest BCUT2D eigenvalue weighted by Gasteiger charge is -2.29. The molecule has 2 amide bonds. The topological polar surface area (TPSA) is 81.3 Å². The van der Waals surface area contributed by atoms with Gasteiger partial charge in [-0.15, -0.1) is 0 Å². The van der Waals surface area contributed by atoms with Crippen LogP contribution in [0.4, 0.5) is 5.82 Å². The van der Waals surface area contributed by atoms with E-state index >= 15 is 0 Å². The minimum absolute atomic E-state index is 0.0922. The molecule has 1 fully saturated rings. The molecule has 2 N–H and O–H groups in total. The molecule has 0 aromatic carbocycles. The number of aromatic nitrogens is 2. The lowest BCUT2D eigenvalue weighted by molar-refractivity contribution is -0.110. The molecule has 3 aliphatic rings. The van der Waals surface area contributed by atoms with Crippen molar-refractivity contribution in [2.24, 2.45) is 0 Å². The van der Waals surface area contributed by atoms with Crippen LogP contribution in [0.15, 0.2) is 16.7 Å². The van der Waals surface area contributed by atoms with E-state index in [0.29, 0.717) is 11.4 Å². The molecule has 7 nitrogen and oxygen atoms in total. The first-order valence-electron chi connectivity index (χ1n) is 10.4. The summed E-state index contributed by atoms with van der Waals surface area (Å²) < 4.78 is 0.815. The summed E-state index contributed by atoms with van der Waals surface area (Å²) >= 11 is 3.42. The molecule has 2 aromatic heterocycles. The van der Waals surface area contributed by atoms with E-state index in [4.69, 9.17) is 0 Å². The molecule has 8 heteroatoms. The fourth-order valence-corrected chi connectivity index (χ4v) is 4.95. The van der Waals surface area contributed by atoms with Crippen LogP contribution in [0.5, 0.6) is 0 Å². The van der Waals surface area contributed by atoms with Gasteiger partial charge in [-0.25, -0.2) is 4.98 Å². The van der Waals surface area contributed by atoms with Crippen LogP contribution in [0.2, 0.25) is 0 Å². The van der Waals surface area contributed by atoms with E-state index in [1.807, 2.05) is 24.0 Å². The summed E-state index contributed by atoms with van der Waals surface area (Å²) in [4.78, 5) is 37.7. The molecule has 3 aliphatic heterocycles. The highest BCUT2D eigenvalue weighted by atomic mass is 79.9. The van der Waals surface area contributed by atoms with Gasteiger partial charge in [0.05, 0.1) is 11.1 Å². The zero-order valence-electron chi connectivity index (χ0n) is 16.9. The first kappa shape index (κ1) is 19.5. The van der Waals surface area contributed by atoms with Crippen LogP contribution in [-0.4, -0.2) is 64.3 Å². The van der Waals surface area contributed by atoms with Crippen LogP contribution in [0.1, 0.15) is 45.7 Å². The fourth-order valence-electron chi connectivity index (χ4n) is 4.62. The van der Waals surface area contributed by atoms with E-state index in [9.17, 15) is 9.59 Å². The van der Waals surface area contributed by atoms with Crippen LogP contribution in [0, 0.1) is 6.92 Å². The molecule has 0 unspecified atom stereocenters. The Labute approximate surface area is 183 Å². The highest BCUT2D eigenvalue weighted by Crippen LogP contribution is 2.34. The number of aromatic amines is 1. The number of halogens is 1. The smallest absolute Gasteiger partial charge is 0.257 e. The molecule has 0 saturated carbocycles. The molecular formula is C22H24BrN5O2. The summed E-state index contributed by atoms with van der Waals surface area (Å²) in [5, 5.41) is 2.80. The standard InChI is InChI=1S/C22H24BrN5O2/c1-13-18(11-16-15-10-14(23)12-24-20(15)26-21(16)29)25-17-4-7-28(22(30)19(13)17)9-8-27-5-2-3-6-27/h10-12,25H,2-9H2,1H3,(H,24,26,29)/b16-11-. The Balaban J connectivity index is 1.42. The maximum atomic E-state index is 13.2. The van der Waals surface area contributed by atoms with Gasteiger partial charge in [-0.05, 0) is 66.5 Å². The van der Waals surface area contributed by atoms with Gasteiger partial charge in [0.15, 0.2) is 0 Å². The summed E-state index contributed by atoms with van der Waals surface area (Å²) in [7, 11) is 0. The highest BCUT2D eigenvalue weighted by molar-refractivity contribution is 9.10. The maximum absolute atomic E-state index is 13.2. The molecular weight excluding hydrogens is 446 g/mol. The third-order valence-electron chi connectivity index (χ3n) is 6.29. The van der Waals surface area contributed by atoms with Crippen molar-refractivity contribution in [2.75, 3.05) is 38.0 Å². The predicted molar refractivity (Wildman–Crippen MR) is 119 cm³/mol. The Hall–Kier alpha value is -2.45. The molecule has 30 heavy (non-hydrogen) atoms. The number of pyridine rings is 1. The second-order valence-electron chi connectivity index (χ2n) is 8.17. The number of nitrogens with one attached hydrogen (secondary N) is 2. The van der Waals surface area contributed by atoms with Gasteiger partial charge in [-0.2, -0.15) is 0 Å². The molecule has 0 spiro atoms. The normalized spacial score (nSPS) is 20.1. The lowest BCUT2D eigenvalue weighted by atomic mass is 10.0. The molecule has 5 rings (SSSR count). The Morgan fingerprint density at radius 2 is 2.00 bits per heavy atom. The van der Waals surface area contributed by atoms with E-state index in [1.54, 1.807) is 6.20 Å². The van der Waals surface area contributed by atoms with Crippen LogP contribution in [-0.2, 0) is 11.2 Å². The second-order valence-corrected chi connectivity index (χ2v) is 9.09. The number of H-pyrrole nitrogens is 1. The molecule has 0 atom stereocenters. The lowest BCUT2D eigenvalue weighted by Crippen LogP contribution is -2.42. The number of nitrogens with zero attached hydrogens (tertiary/aromatic N) is 3. The van der Waals surface area contributed by atoms with Gasteiger partial charge >= 0.3 is 0 Å². The largest absolute Gasteiger partial charge is 0.358 e. The minimum atomic E-state index is -0.180. The zero-order valence-corrected chi connectivity index (χ0v) is 18.5. The first-order chi connectivity index (χ1) is 14.5. The van der Waals surface area contributed by atoms with Gasteiger partial charge in [0, 0.05) is 53.7 Å². The first-order valence-corrected chi connectivity index (χ1v) is 11.2. The Bertz CT molecular complexity index is 1070. The van der Waals surface area contributed by atoms with Gasteiger partial charge in [-0.3, -0.25) is 9.59 Å². The summed E-state index contributed by atoms with van der Waals surface area (Å²) in [5.41, 5.74) is 4.76. The van der Waals surface area contributed by atoms with Gasteiger partial charge in [0.25, 0.3) is 11.8 Å². The van der Waals surface area contributed by atoms with Crippen LogP contribution < -0.4 is 5.32 Å². The quantitative estimate of drug-likeness (QED) is 0.674. The van der Waals surface area contributed by atoms with Crippen LogP contribution >= 0.6 is 15.9 Å². The van der Waals surface area contributed by atoms with Gasteiger partial charge in [-0.1, -0.05) is 0 Å². The number of rotatable bonds is 4. The Kier molecular flexibility index (Phi) is 4.99. The molecule has 2 aromatic rings. The zero-order chi connectivity index (χ0) is 20.8. The van der Waals surface area contributed by atoms with Crippen molar-refractivity contribution in [1.82, 2.24) is 19.8 Å². The van der Waals surface area contributed by atoms with E-state index in [2.05, 4.69) is 36.1 Å². The van der Waals surface area contributed by atoms with E-state index in [0.717, 1.165) is 71.7 Å². The van der Waals surface area contributed by atoms with E-state index < -0.39 is 0 Å². The van der Waals surface area contributed by atoms with Crippen molar-refractivity contribution in [3.63, 3.8) is 0 Å². The van der Waals surface area contributed by atoms with Crippen molar-refractivity contribution >= 4 is 45.2 Å². The van der Waals surface area contributed by atoms with Gasteiger partial charge in [0.2, 0.25) is 0 Å². The minimum Gasteiger partial charge on any atom is -0.358 e. The van der Waals surface area contributed by atoms with Crippen molar-refractivity contribution < 1.29 is 9.59 Å². The molecule has 156 valence electrons. The SMILES string of the molecule is Cc1c(/C=C2\C(=O)Nc3ncc(Br)cc32)[nH]c2c1C(=O)N(CCN1CCCC1)CC2. The highest BCUT2D eigenvalue weighted by Gasteiger charge is 2.31. The van der Waals surface area contributed by atoms with Crippen LogP contribution in [0.3, 0.4) is 0 Å². The summed E-state index contributed by atoms with van der Waals surface area (Å²) in [6.07, 6.45) is 6.83. The van der Waals surface area contributed by atoms with Crippen molar-refractivity contribution in [1.29, 1.82) is 0 Å². The van der Waals surface area contributed by atoms with Crippen LogP contribution in [0.25, 0.3) is 11.6 Å². The van der Waals surface area contributed by atoms with E-state index in [1.165, 1.54) is 12.8 Å². The predicted octanol–water partition coefficient (Wildman–Crippen LogP) is 3.07. The number of carbonyl (C=O) groups is 2. The number of amides is 2. The number of fused-ring (bicyclic) bond motifs is 2. The Morgan fingerprint density at radius 1 is 1.20 bits per heavy atom. The number of anilines is 1. The van der Waals surface area contributed by atoms with Gasteiger partial charge < -0.3 is 20.1 Å². The number of hydrogen-bond donors (Lipinski definition) is 2. The Morgan fingerprint density at radius 3 is 2.80 bits per heavy atom. The average Bonchev–Trinajstić information content (AvgIpc) is 3.42.